The van der Waals surface area contributed by atoms with E-state index in [0.717, 1.165) is 16.0 Å². The lowest BCUT2D eigenvalue weighted by atomic mass is 10.4. The number of rotatable bonds is 2. The van der Waals surface area contributed by atoms with Gasteiger partial charge in [0.25, 0.3) is 0 Å². The summed E-state index contributed by atoms with van der Waals surface area (Å²) in [5, 5.41) is 1.52. The number of fused-ring (bicyclic) bond motifs is 1. The third-order valence-corrected chi connectivity index (χ3v) is 3.21. The molecular weight excluding hydrogens is 230 g/mol. The van der Waals surface area contributed by atoms with E-state index in [9.17, 15) is 0 Å². The van der Waals surface area contributed by atoms with Crippen LogP contribution in [-0.4, -0.2) is 29.0 Å². The molecule has 0 radical (unpaired) electrons. The summed E-state index contributed by atoms with van der Waals surface area (Å²) in [5.74, 6) is 0.777. The summed E-state index contributed by atoms with van der Waals surface area (Å²) in [4.78, 5) is 13.0. The van der Waals surface area contributed by atoms with Gasteiger partial charge in [0.15, 0.2) is 0 Å². The van der Waals surface area contributed by atoms with Crippen LogP contribution in [0.3, 0.4) is 0 Å². The molecule has 0 saturated heterocycles. The first-order chi connectivity index (χ1) is 7.06. The summed E-state index contributed by atoms with van der Waals surface area (Å²) in [5.41, 5.74) is 0. The van der Waals surface area contributed by atoms with E-state index in [1.54, 1.807) is 11.3 Å². The third kappa shape index (κ3) is 2.27. The molecule has 0 bridgehead atoms. The summed E-state index contributed by atoms with van der Waals surface area (Å²) in [6.45, 7) is 2.76. The predicted octanol–water partition coefficient (Wildman–Crippen LogP) is 2.71. The highest BCUT2D eigenvalue weighted by Crippen LogP contribution is 2.28. The highest BCUT2D eigenvalue weighted by atomic mass is 35.5. The van der Waals surface area contributed by atoms with Gasteiger partial charge in [0.1, 0.15) is 15.8 Å². The van der Waals surface area contributed by atoms with Crippen LogP contribution < -0.4 is 0 Å². The van der Waals surface area contributed by atoms with Crippen molar-refractivity contribution in [2.24, 2.45) is 0 Å². The first-order valence-corrected chi connectivity index (χ1v) is 5.83. The van der Waals surface area contributed by atoms with E-state index in [-0.39, 0.29) is 0 Å². The summed E-state index contributed by atoms with van der Waals surface area (Å²) in [7, 11) is 3.97. The van der Waals surface area contributed by atoms with Crippen molar-refractivity contribution < 1.29 is 0 Å². The number of hydrogen-bond acceptors (Lipinski definition) is 4. The molecule has 0 aliphatic heterocycles. The summed E-state index contributed by atoms with van der Waals surface area (Å²) in [6.07, 6.45) is 0. The van der Waals surface area contributed by atoms with Crippen LogP contribution in [0.5, 0.6) is 0 Å². The van der Waals surface area contributed by atoms with Gasteiger partial charge >= 0.3 is 0 Å². The molecule has 0 aliphatic rings. The van der Waals surface area contributed by atoms with E-state index >= 15 is 0 Å². The van der Waals surface area contributed by atoms with Crippen molar-refractivity contribution in [2.45, 2.75) is 13.5 Å². The van der Waals surface area contributed by atoms with Crippen LogP contribution >= 0.6 is 22.9 Å². The van der Waals surface area contributed by atoms with Gasteiger partial charge in [-0.3, -0.25) is 0 Å². The monoisotopic (exact) mass is 241 g/mol. The van der Waals surface area contributed by atoms with E-state index in [0.29, 0.717) is 11.7 Å². The largest absolute Gasteiger partial charge is 0.302 e. The SMILES string of the molecule is Cc1cc2c(Cl)nc(CN(C)C)nc2s1. The van der Waals surface area contributed by atoms with Gasteiger partial charge in [-0.25, -0.2) is 9.97 Å². The van der Waals surface area contributed by atoms with E-state index in [1.165, 1.54) is 4.88 Å². The van der Waals surface area contributed by atoms with E-state index in [1.807, 2.05) is 32.0 Å². The molecule has 5 heteroatoms. The molecule has 0 spiro atoms. The normalized spacial score (nSPS) is 11.5. The smallest absolute Gasteiger partial charge is 0.145 e. The van der Waals surface area contributed by atoms with Gasteiger partial charge in [-0.1, -0.05) is 11.6 Å². The van der Waals surface area contributed by atoms with Crippen molar-refractivity contribution in [3.8, 4) is 0 Å². The fourth-order valence-corrected chi connectivity index (χ4v) is 2.60. The summed E-state index contributed by atoms with van der Waals surface area (Å²) < 4.78 is 0. The van der Waals surface area contributed by atoms with Crippen LogP contribution in [0.15, 0.2) is 6.07 Å². The van der Waals surface area contributed by atoms with Crippen LogP contribution in [0, 0.1) is 6.92 Å². The Morgan fingerprint density at radius 3 is 2.80 bits per heavy atom. The molecule has 0 aromatic carbocycles. The first kappa shape index (κ1) is 10.8. The minimum absolute atomic E-state index is 0.557. The van der Waals surface area contributed by atoms with E-state index in [2.05, 4.69) is 9.97 Å². The zero-order chi connectivity index (χ0) is 11.0. The number of thiophene rings is 1. The Kier molecular flexibility index (Phi) is 2.91. The molecule has 0 amide bonds. The summed E-state index contributed by atoms with van der Waals surface area (Å²) >= 11 is 7.75. The average molecular weight is 242 g/mol. The minimum Gasteiger partial charge on any atom is -0.302 e. The van der Waals surface area contributed by atoms with Crippen molar-refractivity contribution in [1.29, 1.82) is 0 Å². The molecule has 2 rings (SSSR count). The maximum Gasteiger partial charge on any atom is 0.145 e. The number of nitrogens with zero attached hydrogens (tertiary/aromatic N) is 3. The highest BCUT2D eigenvalue weighted by Gasteiger charge is 2.09. The highest BCUT2D eigenvalue weighted by molar-refractivity contribution is 7.18. The first-order valence-electron chi connectivity index (χ1n) is 4.63. The topological polar surface area (TPSA) is 29.0 Å². The van der Waals surface area contributed by atoms with Crippen LogP contribution in [0.2, 0.25) is 5.15 Å². The molecule has 15 heavy (non-hydrogen) atoms. The quantitative estimate of drug-likeness (QED) is 0.757. The lowest BCUT2D eigenvalue weighted by Gasteiger charge is -2.07. The number of hydrogen-bond donors (Lipinski definition) is 0. The number of halogens is 1. The second-order valence-corrected chi connectivity index (χ2v) is 5.34. The molecule has 2 heterocycles. The summed E-state index contributed by atoms with van der Waals surface area (Å²) in [6, 6.07) is 2.03. The van der Waals surface area contributed by atoms with Crippen molar-refractivity contribution in [1.82, 2.24) is 14.9 Å². The van der Waals surface area contributed by atoms with Gasteiger partial charge in [0.05, 0.1) is 6.54 Å². The Balaban J connectivity index is 2.51. The Morgan fingerprint density at radius 2 is 2.13 bits per heavy atom. The Hall–Kier alpha value is -0.710. The van der Waals surface area contributed by atoms with Crippen LogP contribution in [-0.2, 0) is 6.54 Å². The van der Waals surface area contributed by atoms with Gasteiger partial charge in [-0.15, -0.1) is 11.3 Å². The second-order valence-electron chi connectivity index (χ2n) is 3.74. The van der Waals surface area contributed by atoms with Crippen LogP contribution in [0.25, 0.3) is 10.2 Å². The molecule has 0 saturated carbocycles. The predicted molar refractivity (Wildman–Crippen MR) is 64.6 cm³/mol. The van der Waals surface area contributed by atoms with Crippen molar-refractivity contribution in [3.05, 3.63) is 21.9 Å². The molecule has 0 fully saturated rings. The lowest BCUT2D eigenvalue weighted by Crippen LogP contribution is -2.13. The van der Waals surface area contributed by atoms with Gasteiger partial charge in [0.2, 0.25) is 0 Å². The molecule has 3 nitrogen and oxygen atoms in total. The molecule has 0 N–H and O–H groups in total. The molecule has 2 aromatic heterocycles. The Morgan fingerprint density at radius 1 is 1.40 bits per heavy atom. The van der Waals surface area contributed by atoms with Gasteiger partial charge in [0, 0.05) is 10.3 Å². The second kappa shape index (κ2) is 4.04. The lowest BCUT2D eigenvalue weighted by molar-refractivity contribution is 0.391. The van der Waals surface area contributed by atoms with E-state index in [4.69, 9.17) is 11.6 Å². The maximum atomic E-state index is 6.10. The van der Waals surface area contributed by atoms with Crippen LogP contribution in [0.4, 0.5) is 0 Å². The molecule has 2 aromatic rings. The molecule has 0 aliphatic carbocycles. The molecular formula is C10H12ClN3S. The van der Waals surface area contributed by atoms with Gasteiger partial charge in [-0.2, -0.15) is 0 Å². The fourth-order valence-electron chi connectivity index (χ4n) is 1.40. The maximum absolute atomic E-state index is 6.10. The van der Waals surface area contributed by atoms with Gasteiger partial charge < -0.3 is 4.90 Å². The van der Waals surface area contributed by atoms with Gasteiger partial charge in [-0.05, 0) is 27.1 Å². The Bertz CT molecular complexity index is 493. The third-order valence-electron chi connectivity index (χ3n) is 1.97. The number of aromatic nitrogens is 2. The zero-order valence-electron chi connectivity index (χ0n) is 8.91. The fraction of sp³-hybridized carbons (Fsp3) is 0.400. The number of aryl methyl sites for hydroxylation is 1. The van der Waals surface area contributed by atoms with E-state index < -0.39 is 0 Å². The Labute approximate surface area is 97.7 Å². The van der Waals surface area contributed by atoms with Crippen molar-refractivity contribution in [3.63, 3.8) is 0 Å². The van der Waals surface area contributed by atoms with Crippen molar-refractivity contribution >= 4 is 33.2 Å². The molecule has 0 unspecified atom stereocenters. The van der Waals surface area contributed by atoms with Crippen LogP contribution in [0.1, 0.15) is 10.7 Å². The standard InChI is InChI=1S/C10H12ClN3S/c1-6-4-7-9(11)12-8(5-14(2)3)13-10(7)15-6/h4H,5H2,1-3H3. The zero-order valence-corrected chi connectivity index (χ0v) is 10.5. The minimum atomic E-state index is 0.557. The van der Waals surface area contributed by atoms with Crippen molar-refractivity contribution in [2.75, 3.05) is 14.1 Å². The molecule has 80 valence electrons. The average Bonchev–Trinajstić information content (AvgIpc) is 2.44. The molecule has 0 atom stereocenters.